The molecule has 1 N–H and O–H groups in total. The molecule has 1 saturated heterocycles. The maximum absolute atomic E-state index is 10.6. The fourth-order valence-electron chi connectivity index (χ4n) is 4.17. The van der Waals surface area contributed by atoms with Gasteiger partial charge in [0.25, 0.3) is 0 Å². The second-order valence-corrected chi connectivity index (χ2v) is 7.36. The summed E-state index contributed by atoms with van der Waals surface area (Å²) in [5.74, 6) is 1.50. The molecule has 2 atom stereocenters. The second-order valence-electron chi connectivity index (χ2n) is 7.36. The molecule has 5 rings (SSSR count). The molecule has 0 amide bonds. The molecular weight excluding hydrogens is 366 g/mol. The van der Waals surface area contributed by atoms with Crippen molar-refractivity contribution >= 4 is 0 Å². The summed E-state index contributed by atoms with van der Waals surface area (Å²) >= 11 is 0. The number of phenols is 1. The summed E-state index contributed by atoms with van der Waals surface area (Å²) in [6.07, 6.45) is -0.0801. The quantitative estimate of drug-likeness (QED) is 0.715. The Morgan fingerprint density at radius 2 is 1.52 bits per heavy atom. The van der Waals surface area contributed by atoms with E-state index in [1.807, 2.05) is 30.3 Å². The summed E-state index contributed by atoms with van der Waals surface area (Å²) < 4.78 is 17.1. The van der Waals surface area contributed by atoms with Crippen LogP contribution in [0.1, 0.15) is 28.8 Å². The largest absolute Gasteiger partial charge is 0.507 e. The van der Waals surface area contributed by atoms with Crippen molar-refractivity contribution in [3.63, 3.8) is 0 Å². The van der Waals surface area contributed by atoms with Crippen LogP contribution in [-0.2, 0) is 11.3 Å². The van der Waals surface area contributed by atoms with E-state index in [-0.39, 0.29) is 24.7 Å². The third-order valence-electron chi connectivity index (χ3n) is 5.57. The molecule has 29 heavy (non-hydrogen) atoms. The lowest BCUT2D eigenvalue weighted by atomic mass is 9.92. The Bertz CT molecular complexity index is 977. The van der Waals surface area contributed by atoms with Gasteiger partial charge in [0, 0.05) is 24.7 Å². The van der Waals surface area contributed by atoms with Crippen molar-refractivity contribution in [3.05, 3.63) is 89.5 Å². The van der Waals surface area contributed by atoms with E-state index in [1.165, 1.54) is 5.56 Å². The van der Waals surface area contributed by atoms with E-state index in [0.29, 0.717) is 24.7 Å². The van der Waals surface area contributed by atoms with E-state index in [1.54, 1.807) is 6.07 Å². The van der Waals surface area contributed by atoms with Gasteiger partial charge in [0.05, 0.1) is 12.6 Å². The van der Waals surface area contributed by atoms with E-state index in [0.717, 1.165) is 17.7 Å². The molecule has 0 bridgehead atoms. The Morgan fingerprint density at radius 1 is 0.862 bits per heavy atom. The minimum absolute atomic E-state index is 0.0390. The molecule has 0 aliphatic carbocycles. The van der Waals surface area contributed by atoms with Crippen LogP contribution in [0, 0.1) is 0 Å². The molecule has 5 heteroatoms. The smallest absolute Gasteiger partial charge is 0.231 e. The van der Waals surface area contributed by atoms with Gasteiger partial charge in [0.2, 0.25) is 6.79 Å². The lowest BCUT2D eigenvalue weighted by Crippen LogP contribution is -2.41. The summed E-state index contributed by atoms with van der Waals surface area (Å²) in [5.41, 5.74) is 3.17. The van der Waals surface area contributed by atoms with Gasteiger partial charge >= 0.3 is 0 Å². The van der Waals surface area contributed by atoms with E-state index in [4.69, 9.17) is 14.2 Å². The normalized spacial score (nSPS) is 21.2. The van der Waals surface area contributed by atoms with Gasteiger partial charge in [-0.05, 0) is 17.2 Å². The average molecular weight is 389 g/mol. The Morgan fingerprint density at radius 3 is 2.24 bits per heavy atom. The van der Waals surface area contributed by atoms with E-state index >= 15 is 0 Å². The third kappa shape index (κ3) is 3.55. The van der Waals surface area contributed by atoms with E-state index in [9.17, 15) is 5.11 Å². The number of aromatic hydroxyl groups is 1. The third-order valence-corrected chi connectivity index (χ3v) is 5.57. The molecule has 3 aromatic carbocycles. The number of benzene rings is 3. The summed E-state index contributed by atoms with van der Waals surface area (Å²) in [5, 5.41) is 10.6. The number of nitrogens with zero attached hydrogens (tertiary/aromatic N) is 1. The van der Waals surface area contributed by atoms with Crippen molar-refractivity contribution < 1.29 is 19.3 Å². The highest BCUT2D eigenvalue weighted by molar-refractivity contribution is 5.51. The fourth-order valence-corrected chi connectivity index (χ4v) is 4.17. The van der Waals surface area contributed by atoms with Crippen molar-refractivity contribution in [1.29, 1.82) is 0 Å². The maximum atomic E-state index is 10.6. The van der Waals surface area contributed by atoms with E-state index < -0.39 is 0 Å². The van der Waals surface area contributed by atoms with Gasteiger partial charge in [-0.1, -0.05) is 60.7 Å². The zero-order valence-corrected chi connectivity index (χ0v) is 16.0. The molecule has 148 valence electrons. The Kier molecular flexibility index (Phi) is 4.84. The number of hydrogen-bond acceptors (Lipinski definition) is 5. The van der Waals surface area contributed by atoms with Crippen LogP contribution < -0.4 is 9.47 Å². The molecule has 2 aliphatic rings. The second kappa shape index (κ2) is 7.78. The Hall–Kier alpha value is -3.02. The van der Waals surface area contributed by atoms with Crippen molar-refractivity contribution in [2.24, 2.45) is 0 Å². The first-order chi connectivity index (χ1) is 14.3. The predicted molar refractivity (Wildman–Crippen MR) is 109 cm³/mol. The van der Waals surface area contributed by atoms with E-state index in [2.05, 4.69) is 41.3 Å². The van der Waals surface area contributed by atoms with Gasteiger partial charge < -0.3 is 19.3 Å². The first-order valence-corrected chi connectivity index (χ1v) is 9.86. The van der Waals surface area contributed by atoms with Gasteiger partial charge in [0.1, 0.15) is 11.9 Å². The van der Waals surface area contributed by atoms with Crippen LogP contribution in [0.2, 0.25) is 0 Å². The molecule has 0 saturated carbocycles. The molecule has 0 spiro atoms. The maximum Gasteiger partial charge on any atom is 0.231 e. The van der Waals surface area contributed by atoms with Crippen LogP contribution in [0.15, 0.2) is 72.8 Å². The van der Waals surface area contributed by atoms with Gasteiger partial charge in [-0.15, -0.1) is 0 Å². The number of morpholine rings is 1. The van der Waals surface area contributed by atoms with Gasteiger partial charge in [-0.2, -0.15) is 0 Å². The van der Waals surface area contributed by atoms with Crippen molar-refractivity contribution in [3.8, 4) is 17.2 Å². The zero-order chi connectivity index (χ0) is 19.6. The number of ether oxygens (including phenoxy) is 3. The van der Waals surface area contributed by atoms with Gasteiger partial charge in [-0.3, -0.25) is 4.90 Å². The molecule has 2 unspecified atom stereocenters. The summed E-state index contributed by atoms with van der Waals surface area (Å²) in [6, 6.07) is 24.3. The molecule has 5 nitrogen and oxygen atoms in total. The summed E-state index contributed by atoms with van der Waals surface area (Å²) in [7, 11) is 0. The number of fused-ring (bicyclic) bond motifs is 1. The number of rotatable bonds is 4. The molecule has 0 aromatic heterocycles. The lowest BCUT2D eigenvalue weighted by Gasteiger charge is -2.42. The number of hydrogen-bond donors (Lipinski definition) is 1. The highest BCUT2D eigenvalue weighted by Gasteiger charge is 2.35. The van der Waals surface area contributed by atoms with Crippen LogP contribution in [0.5, 0.6) is 17.2 Å². The highest BCUT2D eigenvalue weighted by atomic mass is 16.7. The SMILES string of the molecule is Oc1cc2c(cc1CN1CCOC(c3ccccc3)C1c1ccccc1)OCO2. The number of phenolic OH excluding ortho intramolecular Hbond substituents is 1. The summed E-state index contributed by atoms with van der Waals surface area (Å²) in [4.78, 5) is 2.37. The molecule has 0 radical (unpaired) electrons. The van der Waals surface area contributed by atoms with Gasteiger partial charge in [0.15, 0.2) is 11.5 Å². The van der Waals surface area contributed by atoms with Crippen molar-refractivity contribution in [2.45, 2.75) is 18.7 Å². The van der Waals surface area contributed by atoms with Crippen molar-refractivity contribution in [1.82, 2.24) is 4.90 Å². The Labute approximate surface area is 170 Å². The monoisotopic (exact) mass is 389 g/mol. The van der Waals surface area contributed by atoms with Crippen LogP contribution in [0.25, 0.3) is 0 Å². The minimum Gasteiger partial charge on any atom is -0.507 e. The zero-order valence-electron chi connectivity index (χ0n) is 16.0. The highest BCUT2D eigenvalue weighted by Crippen LogP contribution is 2.43. The average Bonchev–Trinajstić information content (AvgIpc) is 3.22. The minimum atomic E-state index is -0.0801. The molecule has 2 heterocycles. The first kappa shape index (κ1) is 18.0. The Balaban J connectivity index is 1.51. The molecule has 1 fully saturated rings. The van der Waals surface area contributed by atoms with Gasteiger partial charge in [-0.25, -0.2) is 0 Å². The first-order valence-electron chi connectivity index (χ1n) is 9.86. The fraction of sp³-hybridized carbons (Fsp3) is 0.250. The van der Waals surface area contributed by atoms with Crippen LogP contribution in [-0.4, -0.2) is 30.0 Å². The molecular formula is C24H23NO4. The topological polar surface area (TPSA) is 51.2 Å². The van der Waals surface area contributed by atoms with Crippen LogP contribution in [0.3, 0.4) is 0 Å². The predicted octanol–water partition coefficient (Wildman–Crippen LogP) is 4.44. The summed E-state index contributed by atoms with van der Waals surface area (Å²) in [6.45, 7) is 2.19. The lowest BCUT2D eigenvalue weighted by molar-refractivity contribution is -0.0788. The van der Waals surface area contributed by atoms with Crippen LogP contribution >= 0.6 is 0 Å². The standard InChI is InChI=1S/C24H23NO4/c26-20-14-22-21(28-16-29-22)13-19(20)15-25-11-12-27-24(18-9-5-2-6-10-18)23(25)17-7-3-1-4-8-17/h1-10,13-14,23-24,26H,11-12,15-16H2. The van der Waals surface area contributed by atoms with Crippen molar-refractivity contribution in [2.75, 3.05) is 19.9 Å². The molecule has 3 aromatic rings. The van der Waals surface area contributed by atoms with Crippen LogP contribution in [0.4, 0.5) is 0 Å². The molecule has 2 aliphatic heterocycles.